The lowest BCUT2D eigenvalue weighted by atomic mass is 10.1. The van der Waals surface area contributed by atoms with Gasteiger partial charge in [-0.05, 0) is 34.0 Å². The number of ether oxygens (including phenoxy) is 1. The first-order chi connectivity index (χ1) is 8.78. The van der Waals surface area contributed by atoms with Crippen molar-refractivity contribution in [3.8, 4) is 0 Å². The molecule has 110 valence electrons. The van der Waals surface area contributed by atoms with Crippen molar-refractivity contribution in [2.45, 2.75) is 33.2 Å². The fourth-order valence-corrected chi connectivity index (χ4v) is 1.29. The van der Waals surface area contributed by atoms with Crippen LogP contribution in [0.25, 0.3) is 0 Å². The van der Waals surface area contributed by atoms with Gasteiger partial charge >= 0.3 is 12.1 Å². The topological polar surface area (TPSA) is 91.8 Å². The monoisotopic (exact) mass is 290 g/mol. The quantitative estimate of drug-likeness (QED) is 0.318. The van der Waals surface area contributed by atoms with Gasteiger partial charge in [0.05, 0.1) is 0 Å². The lowest BCUT2D eigenvalue weighted by Gasteiger charge is -2.18. The van der Waals surface area contributed by atoms with E-state index in [9.17, 15) is 9.59 Å². The minimum atomic E-state index is -0.498. The zero-order valence-electron chi connectivity index (χ0n) is 12.0. The van der Waals surface area contributed by atoms with E-state index in [1.54, 1.807) is 6.26 Å². The number of rotatable bonds is 3. The standard InChI is InChI=1S/C11H22N4O3S/c1-6-18-7-12-8(16)13-10(19-5)14-9(17)15-11(2,3)4/h6-7H2,1-5H3,(H3,12,13,14,15,16,17). The third kappa shape index (κ3) is 10.3. The lowest BCUT2D eigenvalue weighted by Crippen LogP contribution is -2.42. The molecule has 0 atom stereocenters. The van der Waals surface area contributed by atoms with Crippen LogP contribution in [0.2, 0.25) is 0 Å². The molecule has 0 aromatic heterocycles. The van der Waals surface area contributed by atoms with Gasteiger partial charge in [0.15, 0.2) is 5.17 Å². The maximum Gasteiger partial charge on any atom is 0.343 e. The number of nitrogens with zero attached hydrogens (tertiary/aromatic N) is 1. The molecule has 19 heavy (non-hydrogen) atoms. The first kappa shape index (κ1) is 17.7. The molecule has 8 heteroatoms. The highest BCUT2D eigenvalue weighted by atomic mass is 32.2. The van der Waals surface area contributed by atoms with Crippen molar-refractivity contribution in [2.75, 3.05) is 19.6 Å². The second-order valence-corrected chi connectivity index (χ2v) is 5.36. The average molecular weight is 290 g/mol. The summed E-state index contributed by atoms with van der Waals surface area (Å²) >= 11 is 1.17. The van der Waals surface area contributed by atoms with E-state index in [0.29, 0.717) is 6.61 Å². The second-order valence-electron chi connectivity index (χ2n) is 4.57. The minimum Gasteiger partial charge on any atom is -0.361 e. The molecule has 4 amide bonds. The van der Waals surface area contributed by atoms with Crippen LogP contribution in [-0.2, 0) is 4.74 Å². The minimum absolute atomic E-state index is 0.109. The van der Waals surface area contributed by atoms with E-state index in [1.807, 2.05) is 27.7 Å². The number of amides is 4. The summed E-state index contributed by atoms with van der Waals surface area (Å²) in [6, 6.07) is -0.966. The Morgan fingerprint density at radius 2 is 1.95 bits per heavy atom. The number of amidine groups is 1. The molecule has 0 saturated heterocycles. The summed E-state index contributed by atoms with van der Waals surface area (Å²) in [4.78, 5) is 26.8. The highest BCUT2D eigenvalue weighted by Gasteiger charge is 2.14. The molecule has 3 N–H and O–H groups in total. The van der Waals surface area contributed by atoms with Gasteiger partial charge in [-0.2, -0.15) is 4.99 Å². The molecule has 0 aromatic carbocycles. The SMILES string of the molecule is CCOCNC(=O)NC(=NC(=O)NC(C)(C)C)SC. The van der Waals surface area contributed by atoms with Crippen molar-refractivity contribution < 1.29 is 14.3 Å². The van der Waals surface area contributed by atoms with E-state index < -0.39 is 12.1 Å². The number of carbonyl (C=O) groups excluding carboxylic acids is 2. The Morgan fingerprint density at radius 1 is 1.32 bits per heavy atom. The molecule has 0 aromatic rings. The fraction of sp³-hybridized carbons (Fsp3) is 0.727. The van der Waals surface area contributed by atoms with E-state index in [2.05, 4.69) is 20.9 Å². The van der Waals surface area contributed by atoms with Crippen molar-refractivity contribution in [2.24, 2.45) is 4.99 Å². The van der Waals surface area contributed by atoms with Gasteiger partial charge in [-0.3, -0.25) is 5.32 Å². The zero-order valence-corrected chi connectivity index (χ0v) is 12.8. The first-order valence-electron chi connectivity index (χ1n) is 5.86. The zero-order chi connectivity index (χ0) is 14.9. The first-order valence-corrected chi connectivity index (χ1v) is 7.08. The summed E-state index contributed by atoms with van der Waals surface area (Å²) in [5.41, 5.74) is -0.374. The van der Waals surface area contributed by atoms with Gasteiger partial charge in [0.1, 0.15) is 6.73 Å². The summed E-state index contributed by atoms with van der Waals surface area (Å²) in [7, 11) is 0. The van der Waals surface area contributed by atoms with Crippen molar-refractivity contribution in [3.05, 3.63) is 0 Å². The highest BCUT2D eigenvalue weighted by molar-refractivity contribution is 8.13. The average Bonchev–Trinajstić information content (AvgIpc) is 2.25. The Labute approximate surface area is 117 Å². The summed E-state index contributed by atoms with van der Waals surface area (Å²) in [6.07, 6.45) is 1.71. The van der Waals surface area contributed by atoms with Crippen LogP contribution in [0.4, 0.5) is 9.59 Å². The fourth-order valence-electron chi connectivity index (χ4n) is 0.926. The molecular formula is C11H22N4O3S. The van der Waals surface area contributed by atoms with E-state index in [1.165, 1.54) is 11.8 Å². The lowest BCUT2D eigenvalue weighted by molar-refractivity contribution is 0.132. The third-order valence-corrected chi connectivity index (χ3v) is 2.22. The molecule has 0 unspecified atom stereocenters. The number of nitrogens with one attached hydrogen (secondary N) is 3. The van der Waals surface area contributed by atoms with Gasteiger partial charge in [-0.1, -0.05) is 11.8 Å². The Morgan fingerprint density at radius 3 is 2.42 bits per heavy atom. The molecule has 0 aliphatic carbocycles. The number of thioether (sulfide) groups is 1. The van der Waals surface area contributed by atoms with Crippen molar-refractivity contribution in [1.82, 2.24) is 16.0 Å². The molecule has 0 rings (SSSR count). The Kier molecular flexibility index (Phi) is 8.17. The Balaban J connectivity index is 4.32. The summed E-state index contributed by atoms with van der Waals surface area (Å²) in [5, 5.41) is 7.83. The summed E-state index contributed by atoms with van der Waals surface area (Å²) in [6.45, 7) is 7.99. The van der Waals surface area contributed by atoms with Crippen LogP contribution < -0.4 is 16.0 Å². The van der Waals surface area contributed by atoms with Crippen LogP contribution in [0.3, 0.4) is 0 Å². The molecule has 0 bridgehead atoms. The van der Waals surface area contributed by atoms with E-state index >= 15 is 0 Å². The number of urea groups is 2. The molecule has 0 aliphatic heterocycles. The molecule has 0 aliphatic rings. The van der Waals surface area contributed by atoms with E-state index in [4.69, 9.17) is 4.74 Å². The maximum absolute atomic E-state index is 11.6. The van der Waals surface area contributed by atoms with Gasteiger partial charge < -0.3 is 15.4 Å². The van der Waals surface area contributed by atoms with Gasteiger partial charge in [-0.25, -0.2) is 9.59 Å². The van der Waals surface area contributed by atoms with Gasteiger partial charge in [0.25, 0.3) is 0 Å². The molecule has 0 heterocycles. The number of hydrogen-bond donors (Lipinski definition) is 3. The van der Waals surface area contributed by atoms with Crippen LogP contribution in [0.1, 0.15) is 27.7 Å². The Bertz CT molecular complexity index is 339. The maximum atomic E-state index is 11.6. The Hall–Kier alpha value is -1.28. The summed E-state index contributed by atoms with van der Waals surface area (Å²) < 4.78 is 4.97. The number of carbonyl (C=O) groups is 2. The molecule has 0 saturated carbocycles. The van der Waals surface area contributed by atoms with Crippen LogP contribution in [-0.4, -0.2) is 42.4 Å². The van der Waals surface area contributed by atoms with Gasteiger partial charge in [-0.15, -0.1) is 0 Å². The van der Waals surface area contributed by atoms with Crippen molar-refractivity contribution in [1.29, 1.82) is 0 Å². The van der Waals surface area contributed by atoms with Gasteiger partial charge in [0, 0.05) is 12.1 Å². The molecule has 7 nitrogen and oxygen atoms in total. The van der Waals surface area contributed by atoms with Crippen LogP contribution in [0.15, 0.2) is 4.99 Å². The third-order valence-electron chi connectivity index (χ3n) is 1.64. The van der Waals surface area contributed by atoms with Crippen LogP contribution in [0.5, 0.6) is 0 Å². The van der Waals surface area contributed by atoms with Crippen molar-refractivity contribution >= 4 is 29.0 Å². The predicted molar refractivity (Wildman–Crippen MR) is 77.4 cm³/mol. The molecule has 0 radical (unpaired) electrons. The van der Waals surface area contributed by atoms with Crippen LogP contribution in [0, 0.1) is 0 Å². The second kappa shape index (κ2) is 8.76. The molecule has 0 fully saturated rings. The van der Waals surface area contributed by atoms with Gasteiger partial charge in [0.2, 0.25) is 0 Å². The smallest absolute Gasteiger partial charge is 0.343 e. The van der Waals surface area contributed by atoms with Crippen LogP contribution >= 0.6 is 11.8 Å². The predicted octanol–water partition coefficient (Wildman–Crippen LogP) is 1.51. The van der Waals surface area contributed by atoms with E-state index in [0.717, 1.165) is 0 Å². The molecular weight excluding hydrogens is 268 g/mol. The van der Waals surface area contributed by atoms with Crippen molar-refractivity contribution in [3.63, 3.8) is 0 Å². The number of aliphatic imine (C=N–C) groups is 1. The normalized spacial score (nSPS) is 11.9. The number of hydrogen-bond acceptors (Lipinski definition) is 4. The van der Waals surface area contributed by atoms with E-state index in [-0.39, 0.29) is 17.4 Å². The summed E-state index contributed by atoms with van der Waals surface area (Å²) in [5.74, 6) is 0. The highest BCUT2D eigenvalue weighted by Crippen LogP contribution is 2.01. The molecule has 0 spiro atoms. The largest absolute Gasteiger partial charge is 0.361 e.